The summed E-state index contributed by atoms with van der Waals surface area (Å²) >= 11 is 0. The number of hydrogen-bond donors (Lipinski definition) is 2. The standard InChI is InChI=1S/C14H19N3O3S/c1-9-6-10(2)13-12(7-9)16-14(17-21(13,18)19)15-8-11-4-3-5-20-11/h6-7,11H,3-5,8H2,1-2H3,(H2,15,16,17). The van der Waals surface area contributed by atoms with Gasteiger partial charge in [0.15, 0.2) is 0 Å². The lowest BCUT2D eigenvalue weighted by molar-refractivity contribution is 0.118. The first-order valence-corrected chi connectivity index (χ1v) is 8.51. The summed E-state index contributed by atoms with van der Waals surface area (Å²) in [5, 5.41) is 3.06. The Bertz CT molecular complexity index is 692. The number of aliphatic imine (C=N–C) groups is 1. The quantitative estimate of drug-likeness (QED) is 0.868. The maximum absolute atomic E-state index is 12.3. The number of aryl methyl sites for hydroxylation is 2. The molecule has 0 aliphatic carbocycles. The molecule has 1 saturated heterocycles. The Morgan fingerprint density at radius 2 is 2.19 bits per heavy atom. The van der Waals surface area contributed by atoms with Crippen LogP contribution < -0.4 is 10.0 Å². The maximum Gasteiger partial charge on any atom is 0.266 e. The van der Waals surface area contributed by atoms with Gasteiger partial charge in [-0.05, 0) is 43.9 Å². The van der Waals surface area contributed by atoms with Crippen LogP contribution in [0, 0.1) is 13.8 Å². The number of fused-ring (bicyclic) bond motifs is 1. The highest BCUT2D eigenvalue weighted by molar-refractivity contribution is 7.90. The fraction of sp³-hybridized carbons (Fsp3) is 0.500. The number of rotatable bonds is 2. The molecule has 6 nitrogen and oxygen atoms in total. The minimum absolute atomic E-state index is 0.0875. The molecule has 3 rings (SSSR count). The van der Waals surface area contributed by atoms with Crippen molar-refractivity contribution < 1.29 is 13.2 Å². The third-order valence-corrected chi connectivity index (χ3v) is 5.19. The van der Waals surface area contributed by atoms with Crippen LogP contribution in [0.1, 0.15) is 24.0 Å². The van der Waals surface area contributed by atoms with Gasteiger partial charge in [-0.2, -0.15) is 0 Å². The van der Waals surface area contributed by atoms with Gasteiger partial charge in [-0.15, -0.1) is 0 Å². The summed E-state index contributed by atoms with van der Waals surface area (Å²) in [6, 6.07) is 3.68. The summed E-state index contributed by atoms with van der Waals surface area (Å²) in [5.41, 5.74) is 2.31. The number of hydrogen-bond acceptors (Lipinski definition) is 4. The molecule has 2 aliphatic heterocycles. The summed E-state index contributed by atoms with van der Waals surface area (Å²) in [5.74, 6) is 0.267. The van der Waals surface area contributed by atoms with Crippen molar-refractivity contribution in [1.29, 1.82) is 0 Å². The predicted molar refractivity (Wildman–Crippen MR) is 81.1 cm³/mol. The van der Waals surface area contributed by atoms with Gasteiger partial charge in [-0.25, -0.2) is 18.1 Å². The molecule has 2 heterocycles. The highest BCUT2D eigenvalue weighted by Crippen LogP contribution is 2.29. The van der Waals surface area contributed by atoms with E-state index in [1.54, 1.807) is 6.92 Å². The summed E-state index contributed by atoms with van der Waals surface area (Å²) in [7, 11) is -3.57. The first-order valence-electron chi connectivity index (χ1n) is 7.03. The fourth-order valence-electron chi connectivity index (χ4n) is 2.79. The third-order valence-electron chi connectivity index (χ3n) is 3.65. The molecule has 114 valence electrons. The topological polar surface area (TPSA) is 79.8 Å². The molecule has 1 unspecified atom stereocenters. The zero-order valence-corrected chi connectivity index (χ0v) is 13.0. The van der Waals surface area contributed by atoms with Crippen LogP contribution in [-0.4, -0.2) is 33.6 Å². The van der Waals surface area contributed by atoms with Gasteiger partial charge >= 0.3 is 0 Å². The first kappa shape index (κ1) is 14.3. The molecule has 1 aromatic rings. The van der Waals surface area contributed by atoms with E-state index in [9.17, 15) is 8.42 Å². The minimum atomic E-state index is -3.57. The van der Waals surface area contributed by atoms with E-state index in [4.69, 9.17) is 4.74 Å². The van der Waals surface area contributed by atoms with Crippen LogP contribution in [0.25, 0.3) is 0 Å². The van der Waals surface area contributed by atoms with Gasteiger partial charge in [0.25, 0.3) is 10.0 Å². The van der Waals surface area contributed by atoms with Crippen molar-refractivity contribution in [2.45, 2.75) is 37.7 Å². The molecule has 0 saturated carbocycles. The van der Waals surface area contributed by atoms with Gasteiger partial charge in [0, 0.05) is 6.61 Å². The van der Waals surface area contributed by atoms with E-state index in [2.05, 4.69) is 15.0 Å². The van der Waals surface area contributed by atoms with Crippen LogP contribution in [0.4, 0.5) is 5.69 Å². The van der Waals surface area contributed by atoms with Gasteiger partial charge in [-0.3, -0.25) is 0 Å². The van der Waals surface area contributed by atoms with E-state index in [1.807, 2.05) is 19.1 Å². The van der Waals surface area contributed by atoms with Crippen molar-refractivity contribution in [2.24, 2.45) is 4.99 Å². The molecule has 0 radical (unpaired) electrons. The highest BCUT2D eigenvalue weighted by Gasteiger charge is 2.28. The summed E-state index contributed by atoms with van der Waals surface area (Å²) in [6.45, 7) is 4.95. The Kier molecular flexibility index (Phi) is 3.62. The van der Waals surface area contributed by atoms with E-state index >= 15 is 0 Å². The number of sulfonamides is 1. The van der Waals surface area contributed by atoms with Crippen molar-refractivity contribution in [3.05, 3.63) is 23.3 Å². The van der Waals surface area contributed by atoms with Crippen molar-refractivity contribution >= 4 is 21.7 Å². The van der Waals surface area contributed by atoms with Gasteiger partial charge in [-0.1, -0.05) is 6.07 Å². The number of benzene rings is 1. The third kappa shape index (κ3) is 2.89. The average Bonchev–Trinajstić information content (AvgIpc) is 2.86. The molecule has 0 aromatic heterocycles. The summed E-state index contributed by atoms with van der Waals surface area (Å²) < 4.78 is 32.7. The maximum atomic E-state index is 12.3. The molecule has 21 heavy (non-hydrogen) atoms. The molecule has 2 aliphatic rings. The van der Waals surface area contributed by atoms with Crippen molar-refractivity contribution in [2.75, 3.05) is 18.5 Å². The molecular formula is C14H19N3O3S. The van der Waals surface area contributed by atoms with E-state index in [-0.39, 0.29) is 12.1 Å². The fourth-order valence-corrected chi connectivity index (χ4v) is 4.14. The molecule has 2 N–H and O–H groups in total. The molecule has 7 heteroatoms. The second-order valence-corrected chi connectivity index (χ2v) is 7.13. The van der Waals surface area contributed by atoms with E-state index < -0.39 is 10.0 Å². The molecule has 1 fully saturated rings. The van der Waals surface area contributed by atoms with Gasteiger partial charge in [0.1, 0.15) is 4.90 Å². The summed E-state index contributed by atoms with van der Waals surface area (Å²) in [4.78, 5) is 4.60. The van der Waals surface area contributed by atoms with Crippen LogP contribution in [0.2, 0.25) is 0 Å². The Hall–Kier alpha value is -1.60. The van der Waals surface area contributed by atoms with Crippen LogP contribution in [0.3, 0.4) is 0 Å². The number of ether oxygens (including phenoxy) is 1. The number of anilines is 1. The molecule has 0 spiro atoms. The van der Waals surface area contributed by atoms with Gasteiger partial charge < -0.3 is 10.1 Å². The smallest absolute Gasteiger partial charge is 0.266 e. The highest BCUT2D eigenvalue weighted by atomic mass is 32.2. The second kappa shape index (κ2) is 5.31. The van der Waals surface area contributed by atoms with Crippen LogP contribution in [-0.2, 0) is 14.8 Å². The summed E-state index contributed by atoms with van der Waals surface area (Å²) in [6.07, 6.45) is 2.10. The molecule has 1 aromatic carbocycles. The lowest BCUT2D eigenvalue weighted by Gasteiger charge is -2.23. The van der Waals surface area contributed by atoms with Gasteiger partial charge in [0.05, 0.1) is 18.3 Å². The molecule has 1 atom stereocenters. The van der Waals surface area contributed by atoms with Crippen LogP contribution >= 0.6 is 0 Å². The monoisotopic (exact) mass is 309 g/mol. The Morgan fingerprint density at radius 1 is 1.38 bits per heavy atom. The second-order valence-electron chi connectivity index (χ2n) is 5.51. The number of guanidine groups is 1. The van der Waals surface area contributed by atoms with Gasteiger partial charge in [0.2, 0.25) is 5.96 Å². The van der Waals surface area contributed by atoms with Crippen molar-refractivity contribution in [1.82, 2.24) is 4.72 Å². The van der Waals surface area contributed by atoms with Crippen LogP contribution in [0.15, 0.2) is 22.0 Å². The Balaban J connectivity index is 1.90. The molecule has 0 amide bonds. The minimum Gasteiger partial charge on any atom is -0.376 e. The molecule has 0 bridgehead atoms. The average molecular weight is 309 g/mol. The Morgan fingerprint density at radius 3 is 2.90 bits per heavy atom. The van der Waals surface area contributed by atoms with E-state index in [1.165, 1.54) is 0 Å². The lowest BCUT2D eigenvalue weighted by atomic mass is 10.1. The zero-order valence-electron chi connectivity index (χ0n) is 12.1. The normalized spacial score (nSPS) is 25.2. The number of nitrogens with one attached hydrogen (secondary N) is 2. The van der Waals surface area contributed by atoms with E-state index in [0.29, 0.717) is 17.1 Å². The Labute approximate surface area is 124 Å². The lowest BCUT2D eigenvalue weighted by Crippen LogP contribution is -2.41. The zero-order chi connectivity index (χ0) is 15.0. The van der Waals surface area contributed by atoms with E-state index in [0.717, 1.165) is 30.6 Å². The SMILES string of the molecule is Cc1cc(C)c2c(c1)NC(=NCC1CCCO1)NS2(=O)=O. The van der Waals surface area contributed by atoms with Crippen molar-refractivity contribution in [3.63, 3.8) is 0 Å². The molecular weight excluding hydrogens is 290 g/mol. The predicted octanol–water partition coefficient (Wildman–Crippen LogP) is 1.54. The van der Waals surface area contributed by atoms with Crippen molar-refractivity contribution in [3.8, 4) is 0 Å². The largest absolute Gasteiger partial charge is 0.376 e. The number of nitrogens with zero attached hydrogens (tertiary/aromatic N) is 1. The van der Waals surface area contributed by atoms with Crippen LogP contribution in [0.5, 0.6) is 0 Å². The first-order chi connectivity index (χ1) is 9.95.